The van der Waals surface area contributed by atoms with Gasteiger partial charge in [0.05, 0.1) is 19.8 Å². The van der Waals surface area contributed by atoms with Crippen LogP contribution in [0.4, 0.5) is 14.0 Å². The second-order valence-corrected chi connectivity index (χ2v) is 8.68. The standard InChI is InChI=1S/C21H30ClFN2O5/c1-21(2,3)30-20(27)25-8-5-6-14(13-25)18(29-9-7-24-19(26)28-4)15-10-16(22)12-17(23)11-15/h10-12,14,18H,5-9,13H2,1-4H3,(H,24,26)/t14-,18-/m1/s1. The number of ether oxygens (including phenoxy) is 3. The maximum atomic E-state index is 14.0. The van der Waals surface area contributed by atoms with Gasteiger partial charge in [0.15, 0.2) is 0 Å². The molecule has 7 nitrogen and oxygen atoms in total. The number of benzene rings is 1. The van der Waals surface area contributed by atoms with Crippen LogP contribution in [-0.2, 0) is 14.2 Å². The van der Waals surface area contributed by atoms with Gasteiger partial charge in [0.1, 0.15) is 11.4 Å². The molecule has 9 heteroatoms. The SMILES string of the molecule is COC(=O)NCCO[C@@H](c1cc(F)cc(Cl)c1)[C@@H]1CCCN(C(=O)OC(C)(C)C)C1. The Kier molecular flexibility index (Phi) is 8.73. The lowest BCUT2D eigenvalue weighted by molar-refractivity contribution is -0.0246. The average molecular weight is 445 g/mol. The van der Waals surface area contributed by atoms with Crippen LogP contribution in [0.3, 0.4) is 0 Å². The molecule has 0 radical (unpaired) electrons. The molecule has 1 fully saturated rings. The summed E-state index contributed by atoms with van der Waals surface area (Å²) in [5.41, 5.74) is 0.00404. The van der Waals surface area contributed by atoms with Crippen molar-refractivity contribution in [1.82, 2.24) is 10.2 Å². The van der Waals surface area contributed by atoms with E-state index < -0.39 is 23.6 Å². The number of halogens is 2. The molecule has 0 saturated carbocycles. The van der Waals surface area contributed by atoms with E-state index in [0.717, 1.165) is 12.8 Å². The second kappa shape index (κ2) is 10.8. The highest BCUT2D eigenvalue weighted by Crippen LogP contribution is 2.34. The predicted molar refractivity (Wildman–Crippen MR) is 111 cm³/mol. The molecule has 0 aliphatic carbocycles. The highest BCUT2D eigenvalue weighted by atomic mass is 35.5. The summed E-state index contributed by atoms with van der Waals surface area (Å²) in [6.45, 7) is 6.89. The topological polar surface area (TPSA) is 77.1 Å². The monoisotopic (exact) mass is 444 g/mol. The number of carbonyl (C=O) groups excluding carboxylic acids is 2. The summed E-state index contributed by atoms with van der Waals surface area (Å²) in [5.74, 6) is -0.541. The molecule has 30 heavy (non-hydrogen) atoms. The fraction of sp³-hybridized carbons (Fsp3) is 0.619. The van der Waals surface area contributed by atoms with Gasteiger partial charge in [0.25, 0.3) is 0 Å². The van der Waals surface area contributed by atoms with E-state index in [0.29, 0.717) is 18.7 Å². The smallest absolute Gasteiger partial charge is 0.410 e. The van der Waals surface area contributed by atoms with Gasteiger partial charge in [-0.3, -0.25) is 0 Å². The first-order chi connectivity index (χ1) is 14.1. The molecular weight excluding hydrogens is 415 g/mol. The van der Waals surface area contributed by atoms with Crippen molar-refractivity contribution in [3.63, 3.8) is 0 Å². The van der Waals surface area contributed by atoms with Crippen LogP contribution in [-0.4, -0.2) is 56.0 Å². The van der Waals surface area contributed by atoms with Crippen molar-refractivity contribution in [3.05, 3.63) is 34.6 Å². The minimum Gasteiger partial charge on any atom is -0.453 e. The maximum absolute atomic E-state index is 14.0. The lowest BCUT2D eigenvalue weighted by atomic mass is 9.88. The first-order valence-electron chi connectivity index (χ1n) is 9.96. The van der Waals surface area contributed by atoms with Crippen molar-refractivity contribution in [1.29, 1.82) is 0 Å². The van der Waals surface area contributed by atoms with E-state index in [4.69, 9.17) is 21.1 Å². The van der Waals surface area contributed by atoms with Gasteiger partial charge in [0, 0.05) is 30.6 Å². The molecule has 2 rings (SSSR count). The summed E-state index contributed by atoms with van der Waals surface area (Å²) >= 11 is 6.05. The number of nitrogens with one attached hydrogen (secondary N) is 1. The number of amides is 2. The molecule has 0 aromatic heterocycles. The Morgan fingerprint density at radius 3 is 2.70 bits per heavy atom. The zero-order valence-electron chi connectivity index (χ0n) is 17.9. The predicted octanol–water partition coefficient (Wildman–Crippen LogP) is 4.54. The summed E-state index contributed by atoms with van der Waals surface area (Å²) in [6.07, 6.45) is 0.131. The number of nitrogens with zero attached hydrogens (tertiary/aromatic N) is 1. The number of likely N-dealkylation sites (tertiary alicyclic amines) is 1. The van der Waals surface area contributed by atoms with Crippen LogP contribution >= 0.6 is 11.6 Å². The minimum absolute atomic E-state index is 0.0812. The van der Waals surface area contributed by atoms with Crippen molar-refractivity contribution >= 4 is 23.8 Å². The maximum Gasteiger partial charge on any atom is 0.410 e. The first-order valence-corrected chi connectivity index (χ1v) is 10.3. The highest BCUT2D eigenvalue weighted by Gasteiger charge is 2.33. The van der Waals surface area contributed by atoms with Crippen LogP contribution in [0.15, 0.2) is 18.2 Å². The zero-order valence-corrected chi connectivity index (χ0v) is 18.6. The van der Waals surface area contributed by atoms with Crippen molar-refractivity contribution in [2.45, 2.75) is 45.3 Å². The van der Waals surface area contributed by atoms with Gasteiger partial charge < -0.3 is 24.4 Å². The van der Waals surface area contributed by atoms with Gasteiger partial charge in [-0.25, -0.2) is 14.0 Å². The number of hydrogen-bond acceptors (Lipinski definition) is 5. The molecule has 1 saturated heterocycles. The molecule has 1 heterocycles. The molecular formula is C21H30ClFN2O5. The highest BCUT2D eigenvalue weighted by molar-refractivity contribution is 6.30. The molecule has 168 valence electrons. The summed E-state index contributed by atoms with van der Waals surface area (Å²) in [6, 6.07) is 4.28. The summed E-state index contributed by atoms with van der Waals surface area (Å²) in [4.78, 5) is 25.4. The van der Waals surface area contributed by atoms with Gasteiger partial charge in [-0.05, 0) is 57.4 Å². The zero-order chi connectivity index (χ0) is 22.3. The van der Waals surface area contributed by atoms with Gasteiger partial charge in [-0.1, -0.05) is 11.6 Å². The van der Waals surface area contributed by atoms with E-state index in [1.807, 2.05) is 20.8 Å². The fourth-order valence-electron chi connectivity index (χ4n) is 3.40. The van der Waals surface area contributed by atoms with Gasteiger partial charge in [0.2, 0.25) is 0 Å². The number of hydrogen-bond donors (Lipinski definition) is 1. The van der Waals surface area contributed by atoms with Crippen LogP contribution < -0.4 is 5.32 Å². The van der Waals surface area contributed by atoms with E-state index in [-0.39, 0.29) is 30.2 Å². The second-order valence-electron chi connectivity index (χ2n) is 8.24. The van der Waals surface area contributed by atoms with Crippen LogP contribution in [0.25, 0.3) is 0 Å². The van der Waals surface area contributed by atoms with Crippen LogP contribution in [0.1, 0.15) is 45.3 Å². The first kappa shape index (κ1) is 24.2. The van der Waals surface area contributed by atoms with Crippen molar-refractivity contribution in [3.8, 4) is 0 Å². The molecule has 1 aliphatic rings. The van der Waals surface area contributed by atoms with Gasteiger partial charge in [-0.2, -0.15) is 0 Å². The Morgan fingerprint density at radius 1 is 1.33 bits per heavy atom. The summed E-state index contributed by atoms with van der Waals surface area (Å²) in [5, 5.41) is 2.82. The number of methoxy groups -OCH3 is 1. The van der Waals surface area contributed by atoms with Crippen molar-refractivity contribution in [2.24, 2.45) is 5.92 Å². The van der Waals surface area contributed by atoms with Crippen molar-refractivity contribution < 1.29 is 28.2 Å². The number of alkyl carbamates (subject to hydrolysis) is 1. The number of carbonyl (C=O) groups is 2. The average Bonchev–Trinajstić information content (AvgIpc) is 2.65. The summed E-state index contributed by atoms with van der Waals surface area (Å²) < 4.78 is 30.0. The molecule has 1 N–H and O–H groups in total. The van der Waals surface area contributed by atoms with E-state index in [2.05, 4.69) is 10.1 Å². The lowest BCUT2D eigenvalue weighted by Gasteiger charge is -2.37. The van der Waals surface area contributed by atoms with Crippen molar-refractivity contribution in [2.75, 3.05) is 33.4 Å². The Labute approximate surface area is 181 Å². The Bertz CT molecular complexity index is 720. The third-order valence-corrected chi connectivity index (χ3v) is 4.82. The van der Waals surface area contributed by atoms with Gasteiger partial charge >= 0.3 is 12.2 Å². The molecule has 0 bridgehead atoms. The molecule has 1 aromatic carbocycles. The molecule has 1 aliphatic heterocycles. The molecule has 0 unspecified atom stereocenters. The Balaban J connectivity index is 2.14. The molecule has 2 atom stereocenters. The van der Waals surface area contributed by atoms with E-state index in [1.165, 1.54) is 19.2 Å². The quantitative estimate of drug-likeness (QED) is 0.652. The third-order valence-electron chi connectivity index (χ3n) is 4.61. The molecule has 1 aromatic rings. The Morgan fingerprint density at radius 2 is 2.07 bits per heavy atom. The Hall–Kier alpha value is -2.06. The third kappa shape index (κ3) is 7.65. The van der Waals surface area contributed by atoms with Crippen LogP contribution in [0.2, 0.25) is 5.02 Å². The normalized spacial score (nSPS) is 17.9. The molecule has 0 spiro atoms. The van der Waals surface area contributed by atoms with Crippen LogP contribution in [0.5, 0.6) is 0 Å². The van der Waals surface area contributed by atoms with E-state index in [1.54, 1.807) is 11.0 Å². The lowest BCUT2D eigenvalue weighted by Crippen LogP contribution is -2.44. The fourth-order valence-corrected chi connectivity index (χ4v) is 3.63. The van der Waals surface area contributed by atoms with Gasteiger partial charge in [-0.15, -0.1) is 0 Å². The molecule has 2 amide bonds. The summed E-state index contributed by atoms with van der Waals surface area (Å²) in [7, 11) is 1.28. The number of piperidine rings is 1. The van der Waals surface area contributed by atoms with Crippen LogP contribution in [0, 0.1) is 11.7 Å². The van der Waals surface area contributed by atoms with E-state index in [9.17, 15) is 14.0 Å². The minimum atomic E-state index is -0.588. The number of rotatable bonds is 6. The largest absolute Gasteiger partial charge is 0.453 e. The van der Waals surface area contributed by atoms with E-state index >= 15 is 0 Å².